The molecule has 0 amide bonds. The normalized spacial score (nSPS) is 9.75. The summed E-state index contributed by atoms with van der Waals surface area (Å²) in [6, 6.07) is 0. The predicted octanol–water partition coefficient (Wildman–Crippen LogP) is 1.84. The van der Waals surface area contributed by atoms with Crippen LogP contribution in [-0.4, -0.2) is 4.37 Å². The van der Waals surface area contributed by atoms with Crippen molar-refractivity contribution in [1.82, 2.24) is 4.37 Å². The first-order chi connectivity index (χ1) is 3.84. The summed E-state index contributed by atoms with van der Waals surface area (Å²) in [6.07, 6.45) is 2.31. The zero-order chi connectivity index (χ0) is 5.98. The second-order valence-electron chi connectivity index (χ2n) is 1.48. The van der Waals surface area contributed by atoms with Gasteiger partial charge in [0.25, 0.3) is 0 Å². The molecule has 0 radical (unpaired) electrons. The molecule has 1 aromatic heterocycles. The number of halogens is 1. The van der Waals surface area contributed by atoms with Gasteiger partial charge in [-0.25, -0.2) is 0 Å². The van der Waals surface area contributed by atoms with Gasteiger partial charge in [-0.15, -0.1) is 0 Å². The third kappa shape index (κ3) is 0.865. The highest BCUT2D eigenvalue weighted by Crippen LogP contribution is 2.09. The van der Waals surface area contributed by atoms with Gasteiger partial charge >= 0.3 is 0 Å². The Balaban J connectivity index is 2.92. The Labute approximate surface area is 51.3 Å². The Kier molecular flexibility index (Phi) is 1.58. The minimum absolute atomic E-state index is 0.146. The molecule has 0 aliphatic heterocycles. The van der Waals surface area contributed by atoms with Crippen LogP contribution in [0.1, 0.15) is 12.5 Å². The zero-order valence-electron chi connectivity index (χ0n) is 4.52. The van der Waals surface area contributed by atoms with Gasteiger partial charge in [0.05, 0.1) is 0 Å². The molecule has 1 aromatic rings. The van der Waals surface area contributed by atoms with Gasteiger partial charge < -0.3 is 0 Å². The van der Waals surface area contributed by atoms with Crippen molar-refractivity contribution < 1.29 is 4.39 Å². The molecular weight excluding hydrogens is 125 g/mol. The van der Waals surface area contributed by atoms with Crippen LogP contribution in [-0.2, 0) is 6.42 Å². The van der Waals surface area contributed by atoms with Crippen LogP contribution < -0.4 is 0 Å². The van der Waals surface area contributed by atoms with Gasteiger partial charge in [0.1, 0.15) is 0 Å². The summed E-state index contributed by atoms with van der Waals surface area (Å²) in [7, 11) is 0. The smallest absolute Gasteiger partial charge is 0.198 e. The molecule has 1 rings (SSSR count). The molecule has 1 nitrogen and oxygen atoms in total. The Morgan fingerprint density at radius 2 is 2.62 bits per heavy atom. The molecule has 0 atom stereocenters. The van der Waals surface area contributed by atoms with Crippen LogP contribution in [0.15, 0.2) is 6.20 Å². The highest BCUT2D eigenvalue weighted by molar-refractivity contribution is 7.04. The number of hydrogen-bond acceptors (Lipinski definition) is 2. The first kappa shape index (κ1) is 5.69. The summed E-state index contributed by atoms with van der Waals surface area (Å²) in [6.45, 7) is 1.91. The second-order valence-corrected chi connectivity index (χ2v) is 2.23. The van der Waals surface area contributed by atoms with E-state index in [4.69, 9.17) is 0 Å². The van der Waals surface area contributed by atoms with Crippen LogP contribution in [0, 0.1) is 5.13 Å². The molecule has 1 heterocycles. The van der Waals surface area contributed by atoms with Crippen molar-refractivity contribution >= 4 is 11.5 Å². The van der Waals surface area contributed by atoms with Crippen molar-refractivity contribution in [1.29, 1.82) is 0 Å². The maximum Gasteiger partial charge on any atom is 0.198 e. The van der Waals surface area contributed by atoms with Crippen LogP contribution in [0.3, 0.4) is 0 Å². The molecule has 44 valence electrons. The van der Waals surface area contributed by atoms with Gasteiger partial charge in [-0.1, -0.05) is 6.92 Å². The van der Waals surface area contributed by atoms with Crippen molar-refractivity contribution in [3.05, 3.63) is 16.9 Å². The van der Waals surface area contributed by atoms with Gasteiger partial charge in [0, 0.05) is 11.8 Å². The molecule has 0 N–H and O–H groups in total. The average molecular weight is 131 g/mol. The Bertz CT molecular complexity index is 173. The fraction of sp³-hybridized carbons (Fsp3) is 0.400. The van der Waals surface area contributed by atoms with Gasteiger partial charge in [0.2, 0.25) is 0 Å². The molecule has 0 aromatic carbocycles. The molecular formula is C5H6FNS. The van der Waals surface area contributed by atoms with Crippen LogP contribution >= 0.6 is 11.5 Å². The molecule has 0 bridgehead atoms. The molecule has 8 heavy (non-hydrogen) atoms. The van der Waals surface area contributed by atoms with Crippen molar-refractivity contribution in [3.63, 3.8) is 0 Å². The van der Waals surface area contributed by atoms with E-state index in [2.05, 4.69) is 4.37 Å². The zero-order valence-corrected chi connectivity index (χ0v) is 5.33. The van der Waals surface area contributed by atoms with Crippen molar-refractivity contribution in [2.24, 2.45) is 0 Å². The van der Waals surface area contributed by atoms with Gasteiger partial charge in [0.15, 0.2) is 5.13 Å². The lowest BCUT2D eigenvalue weighted by atomic mass is 10.3. The van der Waals surface area contributed by atoms with Crippen molar-refractivity contribution in [2.75, 3.05) is 0 Å². The predicted molar refractivity (Wildman–Crippen MR) is 31.4 cm³/mol. The van der Waals surface area contributed by atoms with Crippen molar-refractivity contribution in [3.8, 4) is 0 Å². The minimum atomic E-state index is -0.146. The largest absolute Gasteiger partial charge is 0.198 e. The van der Waals surface area contributed by atoms with E-state index in [1.165, 1.54) is 0 Å². The van der Waals surface area contributed by atoms with Gasteiger partial charge in [-0.2, -0.15) is 8.76 Å². The minimum Gasteiger partial charge on any atom is -0.198 e. The second kappa shape index (κ2) is 2.22. The fourth-order valence-corrected chi connectivity index (χ4v) is 1.06. The highest BCUT2D eigenvalue weighted by Gasteiger charge is 1.98. The monoisotopic (exact) mass is 131 g/mol. The lowest BCUT2D eigenvalue weighted by Crippen LogP contribution is -1.75. The highest BCUT2D eigenvalue weighted by atomic mass is 32.1. The van der Waals surface area contributed by atoms with E-state index in [1.54, 1.807) is 6.20 Å². The van der Waals surface area contributed by atoms with Crippen LogP contribution in [0.4, 0.5) is 4.39 Å². The lowest BCUT2D eigenvalue weighted by Gasteiger charge is -1.81. The summed E-state index contributed by atoms with van der Waals surface area (Å²) in [5.74, 6) is 0. The van der Waals surface area contributed by atoms with E-state index >= 15 is 0 Å². The number of hydrogen-bond donors (Lipinski definition) is 0. The molecule has 0 saturated carbocycles. The molecule has 0 saturated heterocycles. The van der Waals surface area contributed by atoms with Crippen LogP contribution in [0.25, 0.3) is 0 Å². The van der Waals surface area contributed by atoms with E-state index in [0.29, 0.717) is 0 Å². The van der Waals surface area contributed by atoms with E-state index in [0.717, 1.165) is 23.5 Å². The van der Waals surface area contributed by atoms with Crippen LogP contribution in [0.2, 0.25) is 0 Å². The van der Waals surface area contributed by atoms with Crippen LogP contribution in [0.5, 0.6) is 0 Å². The topological polar surface area (TPSA) is 12.9 Å². The van der Waals surface area contributed by atoms with E-state index in [9.17, 15) is 4.39 Å². The van der Waals surface area contributed by atoms with E-state index in [1.807, 2.05) is 6.92 Å². The van der Waals surface area contributed by atoms with E-state index in [-0.39, 0.29) is 5.13 Å². The molecule has 0 unspecified atom stereocenters. The quantitative estimate of drug-likeness (QED) is 0.566. The maximum atomic E-state index is 12.3. The summed E-state index contributed by atoms with van der Waals surface area (Å²) in [5.41, 5.74) is 0.718. The molecule has 0 aliphatic rings. The standard InChI is InChI=1S/C5H6FNS/c1-2-4-3-7-8-5(4)6/h3H,2H2,1H3. The maximum absolute atomic E-state index is 12.3. The third-order valence-electron chi connectivity index (χ3n) is 0.975. The summed E-state index contributed by atoms with van der Waals surface area (Å²) in [4.78, 5) is 0. The van der Waals surface area contributed by atoms with Gasteiger partial charge in [-0.3, -0.25) is 0 Å². The first-order valence-electron chi connectivity index (χ1n) is 2.43. The SMILES string of the molecule is CCc1cnsc1F. The number of rotatable bonds is 1. The summed E-state index contributed by atoms with van der Waals surface area (Å²) >= 11 is 0.912. The Hall–Kier alpha value is -0.440. The fourth-order valence-electron chi connectivity index (χ4n) is 0.476. The molecule has 0 fully saturated rings. The summed E-state index contributed by atoms with van der Waals surface area (Å²) < 4.78 is 16.0. The molecule has 0 aliphatic carbocycles. The Morgan fingerprint density at radius 3 is 2.88 bits per heavy atom. The average Bonchev–Trinajstić information content (AvgIpc) is 2.14. The number of aryl methyl sites for hydroxylation is 1. The third-order valence-corrected chi connectivity index (χ3v) is 1.61. The number of aromatic nitrogens is 1. The molecule has 0 spiro atoms. The number of nitrogens with zero attached hydrogens (tertiary/aromatic N) is 1. The molecule has 3 heteroatoms. The van der Waals surface area contributed by atoms with E-state index < -0.39 is 0 Å². The van der Waals surface area contributed by atoms with Gasteiger partial charge in [-0.05, 0) is 18.0 Å². The summed E-state index contributed by atoms with van der Waals surface area (Å²) in [5, 5.41) is -0.146. The lowest BCUT2D eigenvalue weighted by molar-refractivity contribution is 0.642. The van der Waals surface area contributed by atoms with Crippen molar-refractivity contribution in [2.45, 2.75) is 13.3 Å². The first-order valence-corrected chi connectivity index (χ1v) is 3.21. The Morgan fingerprint density at radius 1 is 1.88 bits per heavy atom.